The molecule has 1 aromatic carbocycles. The van der Waals surface area contributed by atoms with Crippen molar-refractivity contribution in [3.05, 3.63) is 34.9 Å². The number of rotatable bonds is 0. The van der Waals surface area contributed by atoms with Crippen LogP contribution in [0.2, 0.25) is 5.02 Å². The van der Waals surface area contributed by atoms with E-state index < -0.39 is 0 Å². The maximum absolute atomic E-state index is 6.02. The second-order valence-corrected chi connectivity index (χ2v) is 5.28. The molecule has 0 unspecified atom stereocenters. The zero-order valence-corrected chi connectivity index (χ0v) is 10.3. The van der Waals surface area contributed by atoms with E-state index in [1.807, 2.05) is 36.9 Å². The Labute approximate surface area is 103 Å². The molecule has 82 valence electrons. The fourth-order valence-electron chi connectivity index (χ4n) is 1.92. The van der Waals surface area contributed by atoms with Crippen LogP contribution in [0, 0.1) is 6.92 Å². The molecule has 0 spiro atoms. The molecular formula is C11H10ClN3S. The third-order valence-electron chi connectivity index (χ3n) is 2.64. The van der Waals surface area contributed by atoms with Crippen molar-refractivity contribution in [2.75, 3.05) is 5.75 Å². The molecule has 0 aliphatic carbocycles. The summed E-state index contributed by atoms with van der Waals surface area (Å²) in [6.45, 7) is 1.98. The number of halogens is 1. The summed E-state index contributed by atoms with van der Waals surface area (Å²) >= 11 is 7.84. The Morgan fingerprint density at radius 3 is 3.12 bits per heavy atom. The number of aromatic nitrogens is 3. The summed E-state index contributed by atoms with van der Waals surface area (Å²) in [6, 6.07) is 5.96. The van der Waals surface area contributed by atoms with E-state index in [4.69, 9.17) is 11.6 Å². The molecule has 3 nitrogen and oxygen atoms in total. The van der Waals surface area contributed by atoms with Crippen molar-refractivity contribution in [2.24, 2.45) is 0 Å². The Hall–Kier alpha value is -1.000. The monoisotopic (exact) mass is 251 g/mol. The molecule has 0 radical (unpaired) electrons. The third-order valence-corrected chi connectivity index (χ3v) is 3.92. The topological polar surface area (TPSA) is 30.7 Å². The quantitative estimate of drug-likeness (QED) is 0.721. The molecule has 3 rings (SSSR count). The zero-order chi connectivity index (χ0) is 11.1. The molecule has 0 saturated heterocycles. The number of benzene rings is 1. The number of hydrogen-bond donors (Lipinski definition) is 0. The first-order chi connectivity index (χ1) is 7.75. The van der Waals surface area contributed by atoms with Crippen LogP contribution < -0.4 is 0 Å². The van der Waals surface area contributed by atoms with Gasteiger partial charge in [-0.3, -0.25) is 4.57 Å². The van der Waals surface area contributed by atoms with Crippen LogP contribution in [0.5, 0.6) is 0 Å². The minimum Gasteiger partial charge on any atom is -0.282 e. The fraction of sp³-hybridized carbons (Fsp3) is 0.273. The normalized spacial score (nSPS) is 14.1. The number of thioether (sulfide) groups is 1. The molecule has 0 N–H and O–H groups in total. The van der Waals surface area contributed by atoms with E-state index in [1.165, 1.54) is 4.90 Å². The largest absolute Gasteiger partial charge is 0.282 e. The molecule has 0 atom stereocenters. The van der Waals surface area contributed by atoms with Gasteiger partial charge in [-0.2, -0.15) is 0 Å². The molecule has 5 heteroatoms. The Morgan fingerprint density at radius 2 is 2.25 bits per heavy atom. The van der Waals surface area contributed by atoms with Crippen molar-refractivity contribution in [3.8, 4) is 5.69 Å². The van der Waals surface area contributed by atoms with Crippen molar-refractivity contribution in [1.82, 2.24) is 14.8 Å². The molecule has 1 aliphatic rings. The van der Waals surface area contributed by atoms with Gasteiger partial charge in [-0.05, 0) is 25.1 Å². The smallest absolute Gasteiger partial charge is 0.138 e. The molecule has 16 heavy (non-hydrogen) atoms. The van der Waals surface area contributed by atoms with Crippen LogP contribution in [0.15, 0.2) is 23.1 Å². The Morgan fingerprint density at radius 1 is 1.38 bits per heavy atom. The first-order valence-electron chi connectivity index (χ1n) is 5.09. The maximum Gasteiger partial charge on any atom is 0.138 e. The minimum absolute atomic E-state index is 0.778. The lowest BCUT2D eigenvalue weighted by Gasteiger charge is -2.09. The standard InChI is InChI=1S/C11H10ClN3S/c1-7-13-14-11-4-5-16-10-6-8(12)2-3-9(10)15(7)11/h2-3,6H,4-5H2,1H3. The molecular weight excluding hydrogens is 242 g/mol. The molecule has 0 saturated carbocycles. The maximum atomic E-state index is 6.02. The molecule has 0 bridgehead atoms. The average molecular weight is 252 g/mol. The zero-order valence-electron chi connectivity index (χ0n) is 8.77. The van der Waals surface area contributed by atoms with Crippen LogP contribution in [-0.2, 0) is 6.42 Å². The van der Waals surface area contributed by atoms with Gasteiger partial charge >= 0.3 is 0 Å². The van der Waals surface area contributed by atoms with Crippen molar-refractivity contribution in [1.29, 1.82) is 0 Å². The predicted molar refractivity (Wildman–Crippen MR) is 65.5 cm³/mol. The van der Waals surface area contributed by atoms with Gasteiger partial charge in [0.1, 0.15) is 11.6 Å². The summed E-state index contributed by atoms with van der Waals surface area (Å²) in [6.07, 6.45) is 0.942. The first kappa shape index (κ1) is 10.2. The van der Waals surface area contributed by atoms with Crippen LogP contribution >= 0.6 is 23.4 Å². The second kappa shape index (κ2) is 3.79. The molecule has 0 amide bonds. The van der Waals surface area contributed by atoms with Gasteiger partial charge in [0.2, 0.25) is 0 Å². The lowest BCUT2D eigenvalue weighted by molar-refractivity contribution is 0.875. The molecule has 2 aromatic rings. The molecule has 1 aromatic heterocycles. The summed E-state index contributed by atoms with van der Waals surface area (Å²) in [5.41, 5.74) is 1.14. The summed E-state index contributed by atoms with van der Waals surface area (Å²) in [7, 11) is 0. The summed E-state index contributed by atoms with van der Waals surface area (Å²) in [5, 5.41) is 9.11. The van der Waals surface area contributed by atoms with Gasteiger partial charge in [-0.25, -0.2) is 0 Å². The van der Waals surface area contributed by atoms with Gasteiger partial charge in [0, 0.05) is 22.1 Å². The van der Waals surface area contributed by atoms with E-state index in [0.717, 1.165) is 34.5 Å². The van der Waals surface area contributed by atoms with E-state index >= 15 is 0 Å². The lowest BCUT2D eigenvalue weighted by atomic mass is 10.3. The van der Waals surface area contributed by atoms with Gasteiger partial charge in [-0.15, -0.1) is 22.0 Å². The predicted octanol–water partition coefficient (Wildman–Crippen LogP) is 2.88. The van der Waals surface area contributed by atoms with Gasteiger partial charge < -0.3 is 0 Å². The third kappa shape index (κ3) is 1.53. The molecule has 0 fully saturated rings. The fourth-order valence-corrected chi connectivity index (χ4v) is 3.18. The van der Waals surface area contributed by atoms with E-state index in [1.54, 1.807) is 0 Å². The highest BCUT2D eigenvalue weighted by Gasteiger charge is 2.18. The average Bonchev–Trinajstić information content (AvgIpc) is 2.53. The van der Waals surface area contributed by atoms with Crippen molar-refractivity contribution < 1.29 is 0 Å². The van der Waals surface area contributed by atoms with Crippen LogP contribution in [0.3, 0.4) is 0 Å². The van der Waals surface area contributed by atoms with Crippen LogP contribution in [-0.4, -0.2) is 20.5 Å². The van der Waals surface area contributed by atoms with Crippen molar-refractivity contribution in [3.63, 3.8) is 0 Å². The highest BCUT2D eigenvalue weighted by atomic mass is 35.5. The van der Waals surface area contributed by atoms with Crippen LogP contribution in [0.1, 0.15) is 11.6 Å². The van der Waals surface area contributed by atoms with Gasteiger partial charge in [0.05, 0.1) is 5.69 Å². The second-order valence-electron chi connectivity index (χ2n) is 3.71. The number of nitrogens with zero attached hydrogens (tertiary/aromatic N) is 3. The molecule has 2 heterocycles. The highest BCUT2D eigenvalue weighted by Crippen LogP contribution is 2.33. The minimum atomic E-state index is 0.778. The van der Waals surface area contributed by atoms with E-state index in [2.05, 4.69) is 14.8 Å². The first-order valence-corrected chi connectivity index (χ1v) is 6.45. The molecule has 1 aliphatic heterocycles. The van der Waals surface area contributed by atoms with Gasteiger partial charge in [0.25, 0.3) is 0 Å². The van der Waals surface area contributed by atoms with Crippen LogP contribution in [0.4, 0.5) is 0 Å². The Bertz CT molecular complexity index is 550. The van der Waals surface area contributed by atoms with Gasteiger partial charge in [-0.1, -0.05) is 11.6 Å². The van der Waals surface area contributed by atoms with Gasteiger partial charge in [0.15, 0.2) is 0 Å². The summed E-state index contributed by atoms with van der Waals surface area (Å²) in [5.74, 6) is 2.98. The highest BCUT2D eigenvalue weighted by molar-refractivity contribution is 7.99. The summed E-state index contributed by atoms with van der Waals surface area (Å²) < 4.78 is 2.12. The lowest BCUT2D eigenvalue weighted by Crippen LogP contribution is -2.02. The number of aryl methyl sites for hydroxylation is 2. The van der Waals surface area contributed by atoms with E-state index in [9.17, 15) is 0 Å². The Kier molecular flexibility index (Phi) is 2.41. The Balaban J connectivity index is 2.28. The van der Waals surface area contributed by atoms with Crippen molar-refractivity contribution in [2.45, 2.75) is 18.2 Å². The van der Waals surface area contributed by atoms with E-state index in [0.29, 0.717) is 0 Å². The van der Waals surface area contributed by atoms with E-state index in [-0.39, 0.29) is 0 Å². The van der Waals surface area contributed by atoms with Crippen molar-refractivity contribution >= 4 is 23.4 Å². The number of fused-ring (bicyclic) bond motifs is 3. The number of hydrogen-bond acceptors (Lipinski definition) is 3. The summed E-state index contributed by atoms with van der Waals surface area (Å²) in [4.78, 5) is 1.20. The SMILES string of the molecule is Cc1nnc2n1-c1ccc(Cl)cc1SCC2. The van der Waals surface area contributed by atoms with Crippen LogP contribution in [0.25, 0.3) is 5.69 Å².